The van der Waals surface area contributed by atoms with E-state index in [1.807, 2.05) is 60.7 Å². The van der Waals surface area contributed by atoms with Gasteiger partial charge in [-0.25, -0.2) is 0 Å². The maximum Gasteiger partial charge on any atom is 0.318 e. The lowest BCUT2D eigenvalue weighted by molar-refractivity contribution is -0.159. The minimum Gasteiger partial charge on any atom is -0.469 e. The first kappa shape index (κ1) is 19.7. The molecule has 2 aliphatic heterocycles. The zero-order chi connectivity index (χ0) is 22.4. The van der Waals surface area contributed by atoms with Gasteiger partial charge in [0.2, 0.25) is 0 Å². The molecule has 4 aromatic carbocycles. The molecule has 5 heteroatoms. The van der Waals surface area contributed by atoms with Crippen molar-refractivity contribution in [2.75, 3.05) is 12.0 Å². The Morgan fingerprint density at radius 3 is 2.30 bits per heavy atom. The van der Waals surface area contributed by atoms with E-state index in [9.17, 15) is 4.79 Å². The van der Waals surface area contributed by atoms with Crippen molar-refractivity contribution in [2.45, 2.75) is 18.9 Å². The Balaban J connectivity index is 1.60. The van der Waals surface area contributed by atoms with Crippen LogP contribution in [0.25, 0.3) is 10.8 Å². The summed E-state index contributed by atoms with van der Waals surface area (Å²) in [4.78, 5) is 15.4. The molecule has 0 fully saturated rings. The Kier molecular flexibility index (Phi) is 4.68. The third-order valence-corrected chi connectivity index (χ3v) is 6.50. The maximum atomic E-state index is 13.1. The highest BCUT2D eigenvalue weighted by molar-refractivity contribution is 5.87. The van der Waals surface area contributed by atoms with Crippen LogP contribution in [-0.2, 0) is 16.1 Å². The van der Waals surface area contributed by atoms with Crippen molar-refractivity contribution in [3.8, 4) is 11.5 Å². The van der Waals surface area contributed by atoms with Crippen LogP contribution in [-0.4, -0.2) is 19.4 Å². The van der Waals surface area contributed by atoms with Gasteiger partial charge in [-0.1, -0.05) is 66.7 Å². The topological polar surface area (TPSA) is 48.0 Å². The average Bonchev–Trinajstić information content (AvgIpc) is 2.95. The van der Waals surface area contributed by atoms with Crippen LogP contribution in [0.4, 0.5) is 5.69 Å². The van der Waals surface area contributed by atoms with Crippen molar-refractivity contribution in [1.29, 1.82) is 0 Å². The Morgan fingerprint density at radius 1 is 0.848 bits per heavy atom. The zero-order valence-electron chi connectivity index (χ0n) is 18.2. The largest absolute Gasteiger partial charge is 0.469 e. The highest BCUT2D eigenvalue weighted by Crippen LogP contribution is 2.51. The third kappa shape index (κ3) is 3.28. The van der Waals surface area contributed by atoms with Gasteiger partial charge in [0.25, 0.3) is 6.29 Å². The Hall–Kier alpha value is -3.99. The molecule has 2 heterocycles. The van der Waals surface area contributed by atoms with Crippen LogP contribution in [0.15, 0.2) is 91.0 Å². The smallest absolute Gasteiger partial charge is 0.318 e. The molecule has 0 aromatic heterocycles. The molecule has 164 valence electrons. The molecule has 0 saturated heterocycles. The molecule has 0 aliphatic carbocycles. The summed E-state index contributed by atoms with van der Waals surface area (Å²) in [5, 5.41) is 2.18. The van der Waals surface area contributed by atoms with Gasteiger partial charge in [0.1, 0.15) is 11.5 Å². The predicted molar refractivity (Wildman–Crippen MR) is 126 cm³/mol. The molecule has 6 rings (SSSR count). The van der Waals surface area contributed by atoms with Crippen LogP contribution >= 0.6 is 0 Å². The SMILES string of the molecule is COC(=O)[C@@H]1[C@H]2Oc3cc4ccccc4cc3[C@@H]1N(Cc1ccccc1)c1ccccc1O2. The molecule has 33 heavy (non-hydrogen) atoms. The fraction of sp³-hybridized carbons (Fsp3) is 0.179. The Bertz CT molecular complexity index is 1340. The summed E-state index contributed by atoms with van der Waals surface area (Å²) in [6.07, 6.45) is -0.793. The number of methoxy groups -OCH3 is 1. The van der Waals surface area contributed by atoms with Crippen molar-refractivity contribution in [1.82, 2.24) is 0 Å². The van der Waals surface area contributed by atoms with Crippen LogP contribution < -0.4 is 14.4 Å². The molecule has 0 spiro atoms. The molecule has 4 aromatic rings. The van der Waals surface area contributed by atoms with Gasteiger partial charge in [0.05, 0.1) is 18.8 Å². The summed E-state index contributed by atoms with van der Waals surface area (Å²) in [5.41, 5.74) is 3.02. The van der Waals surface area contributed by atoms with Crippen LogP contribution in [0.2, 0.25) is 0 Å². The number of fused-ring (bicyclic) bond motifs is 6. The second-order valence-corrected chi connectivity index (χ2v) is 8.42. The van der Waals surface area contributed by atoms with E-state index in [4.69, 9.17) is 14.2 Å². The lowest BCUT2D eigenvalue weighted by atomic mass is 9.86. The monoisotopic (exact) mass is 437 g/mol. The molecule has 2 bridgehead atoms. The van der Waals surface area contributed by atoms with E-state index in [0.29, 0.717) is 12.3 Å². The van der Waals surface area contributed by atoms with Gasteiger partial charge in [-0.15, -0.1) is 0 Å². The summed E-state index contributed by atoms with van der Waals surface area (Å²) in [5.74, 6) is 0.413. The molecule has 5 nitrogen and oxygen atoms in total. The first-order chi connectivity index (χ1) is 16.2. The van der Waals surface area contributed by atoms with Gasteiger partial charge in [0, 0.05) is 12.1 Å². The molecule has 0 N–H and O–H groups in total. The van der Waals surface area contributed by atoms with Gasteiger partial charge >= 0.3 is 5.97 Å². The summed E-state index contributed by atoms with van der Waals surface area (Å²) in [6.45, 7) is 0.609. The predicted octanol–water partition coefficient (Wildman–Crippen LogP) is 5.49. The van der Waals surface area contributed by atoms with Crippen LogP contribution in [0.5, 0.6) is 11.5 Å². The van der Waals surface area contributed by atoms with E-state index in [1.165, 1.54) is 7.11 Å². The summed E-state index contributed by atoms with van der Waals surface area (Å²) < 4.78 is 17.9. The van der Waals surface area contributed by atoms with E-state index in [0.717, 1.165) is 33.3 Å². The number of carbonyl (C=O) groups excluding carboxylic acids is 1. The standard InChI is InChI=1S/C28H23NO4/c1-31-27(30)25-26-21-15-19-11-5-6-12-20(19)16-24(21)33-28(25)32-23-14-8-7-13-22(23)29(26)17-18-9-3-2-4-10-18/h2-16,25-26,28H,17H2,1H3/t25-,26+,28-/m1/s1. The van der Waals surface area contributed by atoms with Crippen LogP contribution in [0, 0.1) is 5.92 Å². The van der Waals surface area contributed by atoms with Crippen molar-refractivity contribution >= 4 is 22.4 Å². The minimum atomic E-state index is -0.793. The first-order valence-electron chi connectivity index (χ1n) is 11.1. The highest BCUT2D eigenvalue weighted by Gasteiger charge is 2.50. The molecule has 0 amide bonds. The number of rotatable bonds is 3. The fourth-order valence-electron chi connectivity index (χ4n) is 4.98. The molecule has 3 atom stereocenters. The van der Waals surface area contributed by atoms with Crippen molar-refractivity contribution < 1.29 is 19.0 Å². The minimum absolute atomic E-state index is 0.320. The summed E-state index contributed by atoms with van der Waals surface area (Å²) >= 11 is 0. The lowest BCUT2D eigenvalue weighted by Gasteiger charge is -2.41. The van der Waals surface area contributed by atoms with Crippen LogP contribution in [0.3, 0.4) is 0 Å². The van der Waals surface area contributed by atoms with Crippen LogP contribution in [0.1, 0.15) is 17.2 Å². The third-order valence-electron chi connectivity index (χ3n) is 6.50. The number of ether oxygens (including phenoxy) is 3. The number of esters is 1. The number of benzene rings is 4. The van der Waals surface area contributed by atoms with Gasteiger partial charge < -0.3 is 19.1 Å². The number of carbonyl (C=O) groups is 1. The number of anilines is 1. The van der Waals surface area contributed by atoms with Crippen molar-refractivity contribution in [3.63, 3.8) is 0 Å². The van der Waals surface area contributed by atoms with E-state index in [2.05, 4.69) is 35.2 Å². The summed E-state index contributed by atoms with van der Waals surface area (Å²) in [6, 6.07) is 30.2. The first-order valence-corrected chi connectivity index (χ1v) is 11.1. The van der Waals surface area contributed by atoms with Crippen molar-refractivity contribution in [2.24, 2.45) is 5.92 Å². The Labute approximate surface area is 192 Å². The fourth-order valence-corrected chi connectivity index (χ4v) is 4.98. The highest BCUT2D eigenvalue weighted by atomic mass is 16.7. The molecule has 0 unspecified atom stereocenters. The molecule has 0 radical (unpaired) electrons. The molecular formula is C28H23NO4. The van der Waals surface area contributed by atoms with Gasteiger partial charge in [-0.3, -0.25) is 4.79 Å². The Morgan fingerprint density at radius 2 is 1.52 bits per heavy atom. The maximum absolute atomic E-state index is 13.1. The van der Waals surface area contributed by atoms with E-state index in [1.54, 1.807) is 0 Å². The second kappa shape index (κ2) is 7.85. The normalized spacial score (nSPS) is 20.6. The molecular weight excluding hydrogens is 414 g/mol. The van der Waals surface area contributed by atoms with E-state index < -0.39 is 12.2 Å². The summed E-state index contributed by atoms with van der Waals surface area (Å²) in [7, 11) is 1.42. The quantitative estimate of drug-likeness (QED) is 0.397. The lowest BCUT2D eigenvalue weighted by Crippen LogP contribution is -2.48. The number of hydrogen-bond acceptors (Lipinski definition) is 5. The number of para-hydroxylation sites is 2. The van der Waals surface area contributed by atoms with E-state index in [-0.39, 0.29) is 12.0 Å². The second-order valence-electron chi connectivity index (χ2n) is 8.42. The number of nitrogens with zero attached hydrogens (tertiary/aromatic N) is 1. The zero-order valence-corrected chi connectivity index (χ0v) is 18.2. The molecule has 2 aliphatic rings. The number of hydrogen-bond donors (Lipinski definition) is 0. The van der Waals surface area contributed by atoms with E-state index >= 15 is 0 Å². The van der Waals surface area contributed by atoms with Gasteiger partial charge in [0.15, 0.2) is 5.92 Å². The van der Waals surface area contributed by atoms with Crippen molar-refractivity contribution in [3.05, 3.63) is 102 Å². The van der Waals surface area contributed by atoms with Gasteiger partial charge in [-0.2, -0.15) is 0 Å². The van der Waals surface area contributed by atoms with Gasteiger partial charge in [-0.05, 0) is 40.6 Å². The molecule has 0 saturated carbocycles. The average molecular weight is 437 g/mol.